The first-order valence-corrected chi connectivity index (χ1v) is 7.52. The van der Waals surface area contributed by atoms with Crippen LogP contribution in [-0.4, -0.2) is 22.7 Å². The topological polar surface area (TPSA) is 52.1 Å². The van der Waals surface area contributed by atoms with Crippen molar-refractivity contribution < 1.29 is 13.9 Å². The number of benzene rings is 2. The molecule has 0 unspecified atom stereocenters. The van der Waals surface area contributed by atoms with Crippen LogP contribution in [0.2, 0.25) is 5.02 Å². The lowest BCUT2D eigenvalue weighted by atomic mass is 9.98. The zero-order chi connectivity index (χ0) is 15.7. The van der Waals surface area contributed by atoms with Gasteiger partial charge in [0.1, 0.15) is 5.52 Å². The second-order valence-electron chi connectivity index (χ2n) is 4.60. The van der Waals surface area contributed by atoms with Crippen molar-refractivity contribution in [3.63, 3.8) is 0 Å². The summed E-state index contributed by atoms with van der Waals surface area (Å²) >= 11 is 7.15. The quantitative estimate of drug-likeness (QED) is 0.681. The Balaban J connectivity index is 2.19. The molecule has 22 heavy (non-hydrogen) atoms. The molecule has 0 N–H and O–H groups in total. The van der Waals surface area contributed by atoms with E-state index in [1.165, 1.54) is 7.11 Å². The summed E-state index contributed by atoms with van der Waals surface area (Å²) in [5.41, 5.74) is 1.24. The molecule has 1 heterocycles. The molecule has 0 atom stereocenters. The second-order valence-corrected chi connectivity index (χ2v) is 5.79. The number of aromatic nitrogens is 2. The predicted molar refractivity (Wildman–Crippen MR) is 83.0 cm³/mol. The lowest BCUT2D eigenvalue weighted by molar-refractivity contribution is 0.0599. The maximum Gasteiger partial charge on any atom is 0.338 e. The van der Waals surface area contributed by atoms with Crippen LogP contribution in [0.15, 0.2) is 30.3 Å². The second kappa shape index (κ2) is 5.98. The number of rotatable bonds is 3. The van der Waals surface area contributed by atoms with Crippen molar-refractivity contribution in [1.29, 1.82) is 0 Å². The van der Waals surface area contributed by atoms with Crippen LogP contribution >= 0.6 is 23.1 Å². The molecule has 0 saturated heterocycles. The van der Waals surface area contributed by atoms with E-state index >= 15 is 0 Å². The maximum absolute atomic E-state index is 14.7. The largest absolute Gasteiger partial charge is 0.465 e. The highest BCUT2D eigenvalue weighted by molar-refractivity contribution is 7.12. The molecule has 1 aromatic heterocycles. The van der Waals surface area contributed by atoms with Crippen molar-refractivity contribution in [1.82, 2.24) is 9.59 Å². The van der Waals surface area contributed by atoms with E-state index in [0.29, 0.717) is 9.72 Å². The van der Waals surface area contributed by atoms with Gasteiger partial charge in [0.25, 0.3) is 0 Å². The first-order valence-electron chi connectivity index (χ1n) is 6.37. The van der Waals surface area contributed by atoms with Gasteiger partial charge in [0.05, 0.1) is 17.4 Å². The maximum atomic E-state index is 14.7. The average Bonchev–Trinajstić information content (AvgIpc) is 2.99. The Morgan fingerprint density at radius 2 is 2.18 bits per heavy atom. The highest BCUT2D eigenvalue weighted by Crippen LogP contribution is 2.29. The Morgan fingerprint density at radius 3 is 2.91 bits per heavy atom. The minimum atomic E-state index is -0.601. The molecule has 112 valence electrons. The Bertz CT molecular complexity index is 866. The summed E-state index contributed by atoms with van der Waals surface area (Å²) in [5.74, 6) is -1.16. The SMILES string of the molecule is COC(=O)c1cc2snnc2c(F)c1Cc1ccccc1Cl. The van der Waals surface area contributed by atoms with Gasteiger partial charge in [-0.2, -0.15) is 0 Å². The molecule has 0 aliphatic rings. The third-order valence-electron chi connectivity index (χ3n) is 3.32. The fourth-order valence-electron chi connectivity index (χ4n) is 2.22. The minimum Gasteiger partial charge on any atom is -0.465 e. The van der Waals surface area contributed by atoms with Crippen LogP contribution < -0.4 is 0 Å². The molecule has 7 heteroatoms. The molecule has 0 spiro atoms. The number of methoxy groups -OCH3 is 1. The lowest BCUT2D eigenvalue weighted by Crippen LogP contribution is -2.09. The first-order chi connectivity index (χ1) is 10.6. The van der Waals surface area contributed by atoms with Crippen LogP contribution in [-0.2, 0) is 11.2 Å². The van der Waals surface area contributed by atoms with Gasteiger partial charge in [-0.15, -0.1) is 5.10 Å². The normalized spacial score (nSPS) is 10.9. The summed E-state index contributed by atoms with van der Waals surface area (Å²) in [5, 5.41) is 4.29. The third kappa shape index (κ3) is 2.55. The fourth-order valence-corrected chi connectivity index (χ4v) is 3.02. The van der Waals surface area contributed by atoms with Gasteiger partial charge in [-0.3, -0.25) is 0 Å². The number of hydrogen-bond acceptors (Lipinski definition) is 5. The molecule has 0 radical (unpaired) electrons. The number of carbonyl (C=O) groups is 1. The van der Waals surface area contributed by atoms with Gasteiger partial charge in [0.2, 0.25) is 0 Å². The minimum absolute atomic E-state index is 0.153. The van der Waals surface area contributed by atoms with Crippen LogP contribution in [0.25, 0.3) is 10.2 Å². The highest BCUT2D eigenvalue weighted by Gasteiger charge is 2.22. The summed E-state index contributed by atoms with van der Waals surface area (Å²) in [6, 6.07) is 8.65. The Morgan fingerprint density at radius 1 is 1.41 bits per heavy atom. The molecular formula is C15H10ClFN2O2S. The standard InChI is InChI=1S/C15H10ClFN2O2S/c1-21-15(20)10-7-12-14(18-19-22-12)13(17)9(10)6-8-4-2-3-5-11(8)16/h2-5,7H,6H2,1H3. The third-order valence-corrected chi connectivity index (χ3v) is 4.36. The van der Waals surface area contributed by atoms with Gasteiger partial charge in [-0.25, -0.2) is 9.18 Å². The monoisotopic (exact) mass is 336 g/mol. The van der Waals surface area contributed by atoms with E-state index in [9.17, 15) is 9.18 Å². The van der Waals surface area contributed by atoms with E-state index in [1.807, 2.05) is 0 Å². The predicted octanol–water partition coefficient (Wildman–Crippen LogP) is 3.86. The van der Waals surface area contributed by atoms with E-state index in [-0.39, 0.29) is 23.1 Å². The summed E-state index contributed by atoms with van der Waals surface area (Å²) in [7, 11) is 1.26. The van der Waals surface area contributed by atoms with Crippen LogP contribution in [0.3, 0.4) is 0 Å². The Kier molecular flexibility index (Phi) is 4.04. The average molecular weight is 337 g/mol. The number of fused-ring (bicyclic) bond motifs is 1. The van der Waals surface area contributed by atoms with Crippen LogP contribution in [0, 0.1) is 5.82 Å². The van der Waals surface area contributed by atoms with E-state index < -0.39 is 11.8 Å². The summed E-state index contributed by atoms with van der Waals surface area (Å²) in [6.45, 7) is 0. The number of nitrogens with zero attached hydrogens (tertiary/aromatic N) is 2. The summed E-state index contributed by atoms with van der Waals surface area (Å²) in [4.78, 5) is 12.0. The summed E-state index contributed by atoms with van der Waals surface area (Å²) in [6.07, 6.45) is 0.170. The van der Waals surface area contributed by atoms with Crippen molar-refractivity contribution in [3.8, 4) is 0 Å². The fraction of sp³-hybridized carbons (Fsp3) is 0.133. The summed E-state index contributed by atoms with van der Waals surface area (Å²) < 4.78 is 23.7. The van der Waals surface area contributed by atoms with Crippen LogP contribution in [0.4, 0.5) is 4.39 Å². The molecule has 0 saturated carbocycles. The molecule has 3 aromatic rings. The smallest absolute Gasteiger partial charge is 0.338 e. The van der Waals surface area contributed by atoms with Crippen molar-refractivity contribution in [2.45, 2.75) is 6.42 Å². The first kappa shape index (κ1) is 14.9. The van der Waals surface area contributed by atoms with Gasteiger partial charge < -0.3 is 4.74 Å². The van der Waals surface area contributed by atoms with Gasteiger partial charge in [0.15, 0.2) is 5.82 Å². The van der Waals surface area contributed by atoms with E-state index in [2.05, 4.69) is 9.59 Å². The van der Waals surface area contributed by atoms with E-state index in [1.54, 1.807) is 30.3 Å². The van der Waals surface area contributed by atoms with Gasteiger partial charge in [-0.1, -0.05) is 34.3 Å². The van der Waals surface area contributed by atoms with Crippen LogP contribution in [0.1, 0.15) is 21.5 Å². The number of carbonyl (C=O) groups excluding carboxylic acids is 1. The molecular weight excluding hydrogens is 327 g/mol. The number of esters is 1. The Labute approximate surface area is 134 Å². The molecule has 0 aliphatic heterocycles. The lowest BCUT2D eigenvalue weighted by Gasteiger charge is -2.10. The molecule has 0 bridgehead atoms. The van der Waals surface area contributed by atoms with Gasteiger partial charge in [0, 0.05) is 17.0 Å². The zero-order valence-corrected chi connectivity index (χ0v) is 13.0. The Hall–Kier alpha value is -2.05. The van der Waals surface area contributed by atoms with Gasteiger partial charge in [-0.05, 0) is 29.2 Å². The van der Waals surface area contributed by atoms with Crippen LogP contribution in [0.5, 0.6) is 0 Å². The van der Waals surface area contributed by atoms with Crippen molar-refractivity contribution >= 4 is 39.3 Å². The number of hydrogen-bond donors (Lipinski definition) is 0. The molecule has 3 rings (SSSR count). The van der Waals surface area contributed by atoms with E-state index in [4.69, 9.17) is 16.3 Å². The number of ether oxygens (including phenoxy) is 1. The highest BCUT2D eigenvalue weighted by atomic mass is 35.5. The van der Waals surface area contributed by atoms with Crippen molar-refractivity contribution in [2.24, 2.45) is 0 Å². The van der Waals surface area contributed by atoms with Crippen molar-refractivity contribution in [3.05, 3.63) is 57.9 Å². The molecule has 2 aromatic carbocycles. The molecule has 4 nitrogen and oxygen atoms in total. The van der Waals surface area contributed by atoms with Crippen molar-refractivity contribution in [2.75, 3.05) is 7.11 Å². The zero-order valence-electron chi connectivity index (χ0n) is 11.5. The van der Waals surface area contributed by atoms with E-state index in [0.717, 1.165) is 17.1 Å². The molecule has 0 aliphatic carbocycles. The van der Waals surface area contributed by atoms with Gasteiger partial charge >= 0.3 is 5.97 Å². The molecule has 0 amide bonds. The number of halogens is 2. The molecule has 0 fully saturated rings.